The molecule has 3 heteroatoms. The largest absolute Gasteiger partial charge is 0.309 e. The van der Waals surface area contributed by atoms with E-state index in [0.29, 0.717) is 38.6 Å². The topological polar surface area (TPSA) is 11.4 Å². The number of anilines is 6. The summed E-state index contributed by atoms with van der Waals surface area (Å²) in [5.41, 5.74) is 25.4. The smallest absolute Gasteiger partial charge is 0.0652 e. The van der Waals surface area contributed by atoms with E-state index in [1.807, 2.05) is 34.9 Å². The van der Waals surface area contributed by atoms with Crippen LogP contribution in [0.5, 0.6) is 0 Å². The number of para-hydroxylation sites is 3. The summed E-state index contributed by atoms with van der Waals surface area (Å²) in [5, 5.41) is 5.84. The van der Waals surface area contributed by atoms with Crippen molar-refractivity contribution in [3.63, 3.8) is 0 Å². The molecule has 100 heavy (non-hydrogen) atoms. The molecule has 0 fully saturated rings. The number of benzene rings is 16. The molecule has 1 unspecified atom stereocenters. The second-order valence-electron chi connectivity index (χ2n) is 27.5. The zero-order chi connectivity index (χ0) is 70.9. The molecular weight excluding hydrogens is 1210 g/mol. The first-order valence-electron chi connectivity index (χ1n) is 37.0. The van der Waals surface area contributed by atoms with Gasteiger partial charge < -0.3 is 14.4 Å². The maximum atomic E-state index is 10.6. The molecule has 0 amide bonds. The van der Waals surface area contributed by atoms with E-state index in [1.165, 1.54) is 16.2 Å². The lowest BCUT2D eigenvalue weighted by atomic mass is 9.72. The molecule has 0 spiro atoms. The van der Waals surface area contributed by atoms with Gasteiger partial charge in [-0.1, -0.05) is 324 Å². The monoisotopic (exact) mass is 1280 g/mol. The lowest BCUT2D eigenvalue weighted by Crippen LogP contribution is -2.31. The van der Waals surface area contributed by atoms with Gasteiger partial charge >= 0.3 is 0 Å². The van der Waals surface area contributed by atoms with Crippen LogP contribution in [0.4, 0.5) is 34.1 Å². The van der Waals surface area contributed by atoms with Gasteiger partial charge in [0.2, 0.25) is 0 Å². The standard InChI is InChI=1S/C97H69N3/c1-97(2,3)73-60-91-94-92(61-73)100(95-76(65-31-13-6-14-32-65)42-24-43-77(95)66-33-15-7-16-34-66)90-62-74(98-87-48-22-21-41-82(87)83-54-50-72(59-89(83)98)70-39-23-38-69(57-70)63-27-9-4-10-28-63)52-55-85(90)93(94)86-58-71(64-29-11-5-12-30-64)51-56-88(86)99(91)96-78(67-35-17-8-18-36-67)44-25-47-84(96)80-46-26-45-79-75-40-20-19-37-68(75)49-53-81(79)80/h4-62,93H,1-3H3/i21D,22D,48D,50D,59D. The summed E-state index contributed by atoms with van der Waals surface area (Å²) in [7, 11) is 0. The summed E-state index contributed by atoms with van der Waals surface area (Å²) in [5.74, 6) is -0.392. The Bertz CT molecular complexity index is 6330. The van der Waals surface area contributed by atoms with Crippen LogP contribution in [-0.2, 0) is 5.41 Å². The van der Waals surface area contributed by atoms with E-state index in [2.05, 4.69) is 316 Å². The van der Waals surface area contributed by atoms with Crippen LogP contribution in [0.2, 0.25) is 0 Å². The molecule has 0 saturated heterocycles. The number of nitrogens with zero attached hydrogens (tertiary/aromatic N) is 3. The maximum Gasteiger partial charge on any atom is 0.0652 e. The first-order valence-corrected chi connectivity index (χ1v) is 34.5. The highest BCUT2D eigenvalue weighted by atomic mass is 15.2. The molecule has 17 aromatic rings. The Hall–Kier alpha value is -12.6. The Morgan fingerprint density at radius 2 is 0.810 bits per heavy atom. The number of hydrogen-bond acceptors (Lipinski definition) is 2. The van der Waals surface area contributed by atoms with Gasteiger partial charge in [0.15, 0.2) is 0 Å². The lowest BCUT2D eigenvalue weighted by molar-refractivity contribution is 0.590. The molecule has 2 aliphatic heterocycles. The summed E-state index contributed by atoms with van der Waals surface area (Å²) in [4.78, 5) is 5.15. The van der Waals surface area contributed by atoms with Crippen LogP contribution in [0.1, 0.15) is 55.8 Å². The fourth-order valence-corrected chi connectivity index (χ4v) is 16.0. The van der Waals surface area contributed by atoms with Crippen molar-refractivity contribution in [1.29, 1.82) is 0 Å². The molecule has 0 radical (unpaired) electrons. The van der Waals surface area contributed by atoms with Gasteiger partial charge in [-0.3, -0.25) is 0 Å². The number of fused-ring (bicyclic) bond motifs is 10. The first-order chi connectivity index (χ1) is 51.3. The number of hydrogen-bond donors (Lipinski definition) is 0. The summed E-state index contributed by atoms with van der Waals surface area (Å²) >= 11 is 0. The Balaban J connectivity index is 0.964. The predicted octanol–water partition coefficient (Wildman–Crippen LogP) is 26.8. The van der Waals surface area contributed by atoms with Crippen molar-refractivity contribution >= 4 is 77.5 Å². The quantitative estimate of drug-likeness (QED) is 0.126. The average Bonchev–Trinajstić information content (AvgIpc) is 1.37. The van der Waals surface area contributed by atoms with E-state index in [4.69, 9.17) is 0 Å². The van der Waals surface area contributed by atoms with E-state index < -0.39 is 11.3 Å². The molecular formula is C97H69N3. The molecule has 0 aliphatic carbocycles. The average molecular weight is 1280 g/mol. The highest BCUT2D eigenvalue weighted by Gasteiger charge is 2.44. The van der Waals surface area contributed by atoms with Crippen LogP contribution in [-0.4, -0.2) is 4.57 Å². The molecule has 3 nitrogen and oxygen atoms in total. The normalized spacial score (nSPS) is 13.9. The van der Waals surface area contributed by atoms with Crippen molar-refractivity contribution in [2.24, 2.45) is 0 Å². The Morgan fingerprint density at radius 1 is 0.300 bits per heavy atom. The van der Waals surface area contributed by atoms with Gasteiger partial charge in [-0.15, -0.1) is 0 Å². The van der Waals surface area contributed by atoms with Crippen LogP contribution >= 0.6 is 0 Å². The van der Waals surface area contributed by atoms with Crippen molar-refractivity contribution in [1.82, 2.24) is 4.57 Å². The van der Waals surface area contributed by atoms with Gasteiger partial charge in [0.25, 0.3) is 0 Å². The zero-order valence-corrected chi connectivity index (χ0v) is 55.6. The minimum absolute atomic E-state index is 0.0991. The molecule has 1 aromatic heterocycles. The fourth-order valence-electron chi connectivity index (χ4n) is 16.0. The second-order valence-corrected chi connectivity index (χ2v) is 27.5. The van der Waals surface area contributed by atoms with Gasteiger partial charge in [-0.05, 0) is 154 Å². The van der Waals surface area contributed by atoms with E-state index in [0.717, 1.165) is 129 Å². The maximum absolute atomic E-state index is 10.6. The third-order valence-electron chi connectivity index (χ3n) is 20.7. The molecule has 472 valence electrons. The molecule has 0 N–H and O–H groups in total. The minimum Gasteiger partial charge on any atom is -0.309 e. The van der Waals surface area contributed by atoms with Crippen LogP contribution in [0, 0.1) is 0 Å². The molecule has 1 atom stereocenters. The summed E-state index contributed by atoms with van der Waals surface area (Å²) in [6.45, 7) is 6.96. The number of aromatic nitrogens is 1. The van der Waals surface area contributed by atoms with Gasteiger partial charge in [0, 0.05) is 50.2 Å². The lowest BCUT2D eigenvalue weighted by Gasteiger charge is -2.47. The Labute approximate surface area is 591 Å². The van der Waals surface area contributed by atoms with Crippen LogP contribution < -0.4 is 9.80 Å². The first kappa shape index (κ1) is 53.6. The van der Waals surface area contributed by atoms with Gasteiger partial charge in [0.05, 0.1) is 52.0 Å². The molecule has 16 aromatic carbocycles. The Morgan fingerprint density at radius 3 is 1.45 bits per heavy atom. The zero-order valence-electron chi connectivity index (χ0n) is 60.6. The SMILES string of the molecule is [2H]c1cc2c3cc([2H])c(-c4cccc(-c5ccccc5)c4)c([2H])c3n(-c3ccc4c(c3)N(c3c(-c5ccccc5)cccc3-c3ccccc3)c3cc(C(C)(C)C)cc5c3C4c3cc(-c4ccccc4)ccc3N5c3c(-c4ccccc4)cccc3-c3cccc4c3ccc3ccccc34)c2c([2H])c1[2H]. The highest BCUT2D eigenvalue weighted by Crippen LogP contribution is 2.65. The fraction of sp³-hybridized carbons (Fsp3) is 0.0515. The van der Waals surface area contributed by atoms with Crippen molar-refractivity contribution in [3.05, 3.63) is 380 Å². The molecule has 3 heterocycles. The van der Waals surface area contributed by atoms with E-state index in [9.17, 15) is 6.85 Å². The minimum atomic E-state index is -0.407. The van der Waals surface area contributed by atoms with Gasteiger partial charge in [0.1, 0.15) is 0 Å². The van der Waals surface area contributed by atoms with E-state index >= 15 is 0 Å². The number of rotatable bonds is 10. The molecule has 2 aliphatic rings. The van der Waals surface area contributed by atoms with E-state index in [-0.39, 0.29) is 30.2 Å². The Kier molecular flexibility index (Phi) is 12.7. The molecule has 0 saturated carbocycles. The summed E-state index contributed by atoms with van der Waals surface area (Å²) < 4.78 is 51.1. The van der Waals surface area contributed by atoms with Crippen LogP contribution in [0.25, 0.3) is 127 Å². The summed E-state index contributed by atoms with van der Waals surface area (Å²) in [6, 6.07) is 117. The van der Waals surface area contributed by atoms with Gasteiger partial charge in [-0.25, -0.2) is 0 Å². The van der Waals surface area contributed by atoms with Crippen molar-refractivity contribution in [2.75, 3.05) is 9.80 Å². The van der Waals surface area contributed by atoms with Crippen LogP contribution in [0.15, 0.2) is 358 Å². The third-order valence-corrected chi connectivity index (χ3v) is 20.7. The second kappa shape index (κ2) is 23.6. The predicted molar refractivity (Wildman–Crippen MR) is 423 cm³/mol. The summed E-state index contributed by atoms with van der Waals surface area (Å²) in [6.07, 6.45) is 0. The third kappa shape index (κ3) is 9.64. The van der Waals surface area contributed by atoms with Crippen molar-refractivity contribution in [3.8, 4) is 83.6 Å². The van der Waals surface area contributed by atoms with Crippen LogP contribution in [0.3, 0.4) is 0 Å². The van der Waals surface area contributed by atoms with Gasteiger partial charge in [-0.2, -0.15) is 0 Å². The molecule has 19 rings (SSSR count). The van der Waals surface area contributed by atoms with Crippen molar-refractivity contribution in [2.45, 2.75) is 32.1 Å². The highest BCUT2D eigenvalue weighted by molar-refractivity contribution is 6.16. The van der Waals surface area contributed by atoms with Crippen molar-refractivity contribution < 1.29 is 6.85 Å². The molecule has 0 bridgehead atoms. The van der Waals surface area contributed by atoms with E-state index in [1.54, 1.807) is 12.1 Å².